The number of aromatic nitrogens is 3. The Morgan fingerprint density at radius 2 is 1.96 bits per heavy atom. The van der Waals surface area contributed by atoms with E-state index in [-0.39, 0.29) is 30.7 Å². The Balaban J connectivity index is 0.00000196. The predicted octanol–water partition coefficient (Wildman–Crippen LogP) is 3.14. The molecule has 1 saturated heterocycles. The summed E-state index contributed by atoms with van der Waals surface area (Å²) < 4.78 is 1.83. The lowest BCUT2D eigenvalue weighted by Crippen LogP contribution is -2.29. The number of nitrogens with one attached hydrogen (secondary N) is 2. The molecule has 1 aliphatic rings. The third kappa shape index (κ3) is 6.44. The van der Waals surface area contributed by atoms with Gasteiger partial charge < -0.3 is 10.6 Å². The van der Waals surface area contributed by atoms with E-state index in [1.54, 1.807) is 6.20 Å². The van der Waals surface area contributed by atoms with E-state index in [4.69, 9.17) is 0 Å². The van der Waals surface area contributed by atoms with Crippen LogP contribution in [0.25, 0.3) is 0 Å². The van der Waals surface area contributed by atoms with Gasteiger partial charge in [0.15, 0.2) is 5.69 Å². The molecule has 3 rings (SSSR count). The van der Waals surface area contributed by atoms with Crippen molar-refractivity contribution in [1.29, 1.82) is 0 Å². The van der Waals surface area contributed by atoms with Gasteiger partial charge in [-0.3, -0.25) is 9.69 Å². The molecule has 1 fully saturated rings. The monoisotopic (exact) mass is 428 g/mol. The number of rotatable bonds is 7. The van der Waals surface area contributed by atoms with Gasteiger partial charge in [-0.15, -0.1) is 29.9 Å². The molecule has 0 unspecified atom stereocenters. The first-order valence-corrected chi connectivity index (χ1v) is 9.44. The van der Waals surface area contributed by atoms with Crippen LogP contribution in [0, 0.1) is 0 Å². The highest BCUT2D eigenvalue weighted by molar-refractivity contribution is 6.02. The molecule has 1 aliphatic heterocycles. The van der Waals surface area contributed by atoms with Gasteiger partial charge in [-0.2, -0.15) is 0 Å². The number of anilines is 1. The van der Waals surface area contributed by atoms with Crippen LogP contribution in [0.3, 0.4) is 0 Å². The van der Waals surface area contributed by atoms with E-state index in [0.29, 0.717) is 11.7 Å². The Bertz CT molecular complexity index is 729. The molecule has 0 radical (unpaired) electrons. The van der Waals surface area contributed by atoms with E-state index >= 15 is 0 Å². The average Bonchev–Trinajstić information content (AvgIpc) is 3.17. The Morgan fingerprint density at radius 3 is 2.64 bits per heavy atom. The van der Waals surface area contributed by atoms with Crippen LogP contribution in [0.4, 0.5) is 5.69 Å². The molecule has 2 aromatic rings. The van der Waals surface area contributed by atoms with Crippen LogP contribution in [-0.2, 0) is 6.54 Å². The zero-order chi connectivity index (χ0) is 18.4. The van der Waals surface area contributed by atoms with Crippen molar-refractivity contribution < 1.29 is 4.79 Å². The molecule has 1 aromatic heterocycles. The van der Waals surface area contributed by atoms with Crippen molar-refractivity contribution in [3.8, 4) is 0 Å². The minimum atomic E-state index is -0.217. The first-order chi connectivity index (χ1) is 12.7. The van der Waals surface area contributed by atoms with Crippen molar-refractivity contribution in [1.82, 2.24) is 25.2 Å². The maximum absolute atomic E-state index is 12.5. The van der Waals surface area contributed by atoms with Crippen LogP contribution >= 0.6 is 24.8 Å². The molecule has 0 bridgehead atoms. The number of carbonyl (C=O) groups excluding carboxylic acids is 1. The maximum atomic E-state index is 12.5. The summed E-state index contributed by atoms with van der Waals surface area (Å²) in [4.78, 5) is 14.8. The Labute approximate surface area is 179 Å². The van der Waals surface area contributed by atoms with Crippen molar-refractivity contribution >= 4 is 36.4 Å². The highest BCUT2D eigenvalue weighted by Crippen LogP contribution is 2.18. The van der Waals surface area contributed by atoms with Crippen LogP contribution in [0.1, 0.15) is 48.8 Å². The first-order valence-electron chi connectivity index (χ1n) is 9.44. The van der Waals surface area contributed by atoms with Crippen LogP contribution in [0.5, 0.6) is 0 Å². The molecular weight excluding hydrogens is 399 g/mol. The van der Waals surface area contributed by atoms with Crippen LogP contribution < -0.4 is 10.6 Å². The Kier molecular flexibility index (Phi) is 10.5. The maximum Gasteiger partial charge on any atom is 0.277 e. The highest BCUT2D eigenvalue weighted by Gasteiger charge is 2.18. The van der Waals surface area contributed by atoms with E-state index < -0.39 is 0 Å². The fraction of sp³-hybridized carbons (Fsp3) is 0.526. The van der Waals surface area contributed by atoms with E-state index in [2.05, 4.69) is 45.8 Å². The highest BCUT2D eigenvalue weighted by atomic mass is 35.5. The molecule has 0 atom stereocenters. The molecule has 7 nitrogen and oxygen atoms in total. The smallest absolute Gasteiger partial charge is 0.277 e. The summed E-state index contributed by atoms with van der Waals surface area (Å²) in [5, 5.41) is 14.5. The largest absolute Gasteiger partial charge is 0.321 e. The number of benzene rings is 1. The second kappa shape index (κ2) is 12.0. The Morgan fingerprint density at radius 1 is 1.25 bits per heavy atom. The summed E-state index contributed by atoms with van der Waals surface area (Å²) in [6, 6.07) is 8.30. The number of hydrogen-bond donors (Lipinski definition) is 2. The molecule has 1 aromatic carbocycles. The van der Waals surface area contributed by atoms with Gasteiger partial charge in [-0.05, 0) is 56.7 Å². The standard InChI is InChI=1S/C19H28N6O.2ClH/c1-3-24(4-2)13-15-6-5-7-16(12-15)21-19(26)18-14-25(23-22-18)17-8-10-20-11-9-17;;/h5-7,12,14,17,20H,3-4,8-11,13H2,1-2H3,(H,21,26);2*1H. The third-order valence-electron chi connectivity index (χ3n) is 4.91. The van der Waals surface area contributed by atoms with Crippen LogP contribution in [0.15, 0.2) is 30.5 Å². The number of amides is 1. The number of halogens is 2. The van der Waals surface area contributed by atoms with Gasteiger partial charge >= 0.3 is 0 Å². The molecule has 28 heavy (non-hydrogen) atoms. The second-order valence-corrected chi connectivity index (χ2v) is 6.68. The van der Waals surface area contributed by atoms with Crippen molar-refractivity contribution in [2.24, 2.45) is 0 Å². The zero-order valence-corrected chi connectivity index (χ0v) is 18.1. The van der Waals surface area contributed by atoms with E-state index in [9.17, 15) is 4.79 Å². The number of piperidine rings is 1. The SMILES string of the molecule is CCN(CC)Cc1cccc(NC(=O)c2cn(C3CCNCC3)nn2)c1.Cl.Cl. The van der Waals surface area contributed by atoms with E-state index in [0.717, 1.165) is 51.3 Å². The predicted molar refractivity (Wildman–Crippen MR) is 117 cm³/mol. The molecule has 2 N–H and O–H groups in total. The summed E-state index contributed by atoms with van der Waals surface area (Å²) in [5.74, 6) is -0.217. The first kappa shape index (κ1) is 24.4. The summed E-state index contributed by atoms with van der Waals surface area (Å²) in [7, 11) is 0. The fourth-order valence-electron chi connectivity index (χ4n) is 3.28. The second-order valence-electron chi connectivity index (χ2n) is 6.68. The van der Waals surface area contributed by atoms with E-state index in [1.165, 1.54) is 5.56 Å². The molecule has 0 saturated carbocycles. The van der Waals surface area contributed by atoms with Crippen LogP contribution in [-0.4, -0.2) is 52.0 Å². The minimum Gasteiger partial charge on any atom is -0.321 e. The number of hydrogen-bond acceptors (Lipinski definition) is 5. The Hall–Kier alpha value is -1.67. The van der Waals surface area contributed by atoms with Gasteiger partial charge in [0.1, 0.15) is 0 Å². The van der Waals surface area contributed by atoms with Gasteiger partial charge in [0, 0.05) is 12.2 Å². The average molecular weight is 429 g/mol. The summed E-state index contributed by atoms with van der Waals surface area (Å²) in [6.45, 7) is 9.15. The van der Waals surface area contributed by atoms with Crippen molar-refractivity contribution in [2.75, 3.05) is 31.5 Å². The minimum absolute atomic E-state index is 0. The lowest BCUT2D eigenvalue weighted by atomic mass is 10.1. The van der Waals surface area contributed by atoms with Gasteiger partial charge in [-0.1, -0.05) is 31.2 Å². The lowest BCUT2D eigenvalue weighted by Gasteiger charge is -2.22. The molecule has 2 heterocycles. The molecule has 156 valence electrons. The van der Waals surface area contributed by atoms with Gasteiger partial charge in [0.2, 0.25) is 0 Å². The summed E-state index contributed by atoms with van der Waals surface area (Å²) in [6.07, 6.45) is 3.78. The third-order valence-corrected chi connectivity index (χ3v) is 4.91. The number of carbonyl (C=O) groups is 1. The zero-order valence-electron chi connectivity index (χ0n) is 16.4. The van der Waals surface area contributed by atoms with Gasteiger partial charge in [-0.25, -0.2) is 4.68 Å². The molecule has 1 amide bonds. The molecule has 0 spiro atoms. The molecular formula is C19H30Cl2N6O. The number of nitrogens with zero attached hydrogens (tertiary/aromatic N) is 4. The summed E-state index contributed by atoms with van der Waals surface area (Å²) >= 11 is 0. The van der Waals surface area contributed by atoms with Crippen LogP contribution in [0.2, 0.25) is 0 Å². The quantitative estimate of drug-likeness (QED) is 0.708. The van der Waals surface area contributed by atoms with Crippen molar-refractivity contribution in [3.05, 3.63) is 41.7 Å². The topological polar surface area (TPSA) is 75.1 Å². The lowest BCUT2D eigenvalue weighted by molar-refractivity contribution is 0.102. The summed E-state index contributed by atoms with van der Waals surface area (Å²) in [5.41, 5.74) is 2.33. The van der Waals surface area contributed by atoms with Gasteiger partial charge in [0.05, 0.1) is 12.2 Å². The fourth-order valence-corrected chi connectivity index (χ4v) is 3.28. The van der Waals surface area contributed by atoms with E-state index in [1.807, 2.05) is 22.9 Å². The molecule has 0 aliphatic carbocycles. The van der Waals surface area contributed by atoms with Crippen molar-refractivity contribution in [3.63, 3.8) is 0 Å². The normalized spacial score (nSPS) is 14.2. The van der Waals surface area contributed by atoms with Crippen molar-refractivity contribution in [2.45, 2.75) is 39.3 Å². The van der Waals surface area contributed by atoms with Gasteiger partial charge in [0.25, 0.3) is 5.91 Å². The molecule has 9 heteroatoms.